The molecule has 4 rings (SSSR count). The van der Waals surface area contributed by atoms with E-state index in [1.165, 1.54) is 4.57 Å². The molecule has 4 unspecified atom stereocenters. The first-order valence-corrected chi connectivity index (χ1v) is 13.6. The van der Waals surface area contributed by atoms with Gasteiger partial charge in [-0.05, 0) is 0 Å². The summed E-state index contributed by atoms with van der Waals surface area (Å²) in [5.74, 6) is 0.221. The van der Waals surface area contributed by atoms with Crippen LogP contribution in [-0.4, -0.2) is 78.5 Å². The summed E-state index contributed by atoms with van der Waals surface area (Å²) in [5.41, 5.74) is 0.379. The lowest BCUT2D eigenvalue weighted by Crippen LogP contribution is -2.65. The van der Waals surface area contributed by atoms with E-state index in [2.05, 4.69) is 56.5 Å². The summed E-state index contributed by atoms with van der Waals surface area (Å²) in [6, 6.07) is 0. The van der Waals surface area contributed by atoms with Gasteiger partial charge in [-0.2, -0.15) is 4.98 Å². The van der Waals surface area contributed by atoms with Crippen LogP contribution in [0.25, 0.3) is 10.3 Å². The van der Waals surface area contributed by atoms with Crippen LogP contribution in [0.2, 0.25) is 10.1 Å². The zero-order valence-corrected chi connectivity index (χ0v) is 22.2. The third-order valence-electron chi connectivity index (χ3n) is 6.04. The molecule has 1 N–H and O–H groups in total. The maximum atomic E-state index is 12.9. The fourth-order valence-corrected chi connectivity index (χ4v) is 10.6. The van der Waals surface area contributed by atoms with Crippen molar-refractivity contribution in [2.75, 3.05) is 20.7 Å². The molecule has 2 saturated heterocycles. The van der Waals surface area contributed by atoms with Crippen molar-refractivity contribution in [3.63, 3.8) is 0 Å². The van der Waals surface area contributed by atoms with Crippen LogP contribution in [-0.2, 0) is 13.6 Å². The second-order valence-electron chi connectivity index (χ2n) is 10.9. The van der Waals surface area contributed by atoms with Gasteiger partial charge in [-0.15, -0.1) is 0 Å². The highest BCUT2D eigenvalue weighted by molar-refractivity contribution is 7.16. The Hall–Kier alpha value is -1.70. The summed E-state index contributed by atoms with van der Waals surface area (Å²) in [7, 11) is 0.882. The SMILES string of the molecule is CN(C)C=Nc1ncc2sc(=O)n(C3OC4CO[Si](C(C)(C)C)(C(C)(C)C)OC4C3O)c2n1. The molecule has 33 heavy (non-hydrogen) atoms. The van der Waals surface area contributed by atoms with Crippen LogP contribution in [0.15, 0.2) is 16.0 Å². The zero-order chi connectivity index (χ0) is 24.3. The third-order valence-corrected chi connectivity index (χ3v) is 12.0. The number of aliphatic hydroxyl groups excluding tert-OH is 1. The first-order chi connectivity index (χ1) is 15.2. The van der Waals surface area contributed by atoms with Gasteiger partial charge < -0.3 is 23.6 Å². The van der Waals surface area contributed by atoms with Crippen molar-refractivity contribution < 1.29 is 18.7 Å². The molecule has 2 aliphatic heterocycles. The summed E-state index contributed by atoms with van der Waals surface area (Å²) >= 11 is 1.01. The van der Waals surface area contributed by atoms with E-state index in [-0.39, 0.29) is 20.9 Å². The number of aliphatic hydroxyl groups is 1. The van der Waals surface area contributed by atoms with Gasteiger partial charge in [0, 0.05) is 24.2 Å². The first kappa shape index (κ1) is 24.4. The molecule has 0 aliphatic carbocycles. The van der Waals surface area contributed by atoms with Gasteiger partial charge in [-0.25, -0.2) is 9.98 Å². The lowest BCUT2D eigenvalue weighted by molar-refractivity contribution is -0.0798. The standard InChI is InChI=1S/C21H33N5O5SSi/c1-20(2,3)33(21(4,5)6)29-10-12-15(31-33)14(27)17(30-12)26-16-13(32-19(26)28)9-22-18(24-16)23-11-25(7)8/h9,11-12,14-15,17,27H,10H2,1-8H3. The molecule has 0 bridgehead atoms. The molecule has 12 heteroatoms. The van der Waals surface area contributed by atoms with E-state index in [4.69, 9.17) is 13.6 Å². The number of hydrogen-bond donors (Lipinski definition) is 1. The average Bonchev–Trinajstić information content (AvgIpc) is 3.19. The van der Waals surface area contributed by atoms with E-state index in [1.54, 1.807) is 17.4 Å². The molecule has 0 radical (unpaired) electrons. The number of rotatable bonds is 3. The molecule has 2 aliphatic rings. The Balaban J connectivity index is 1.71. The van der Waals surface area contributed by atoms with Crippen LogP contribution in [0.3, 0.4) is 0 Å². The fourth-order valence-electron chi connectivity index (χ4n) is 4.83. The minimum Gasteiger partial charge on any atom is -0.391 e. The molecule has 0 aromatic carbocycles. The molecule has 2 aromatic rings. The van der Waals surface area contributed by atoms with Crippen molar-refractivity contribution in [3.05, 3.63) is 15.9 Å². The Labute approximate surface area is 198 Å². The predicted octanol–water partition coefficient (Wildman–Crippen LogP) is 2.79. The lowest BCUT2D eigenvalue weighted by Gasteiger charge is -2.53. The van der Waals surface area contributed by atoms with E-state index in [0.29, 0.717) is 17.0 Å². The maximum absolute atomic E-state index is 12.9. The summed E-state index contributed by atoms with van der Waals surface area (Å²) < 4.78 is 21.3. The molecule has 182 valence electrons. The highest BCUT2D eigenvalue weighted by Crippen LogP contribution is 2.55. The Kier molecular flexibility index (Phi) is 6.07. The second-order valence-corrected chi connectivity index (χ2v) is 16.6. The molecular formula is C21H33N5O5SSi. The van der Waals surface area contributed by atoms with Crippen molar-refractivity contribution in [1.82, 2.24) is 19.4 Å². The Morgan fingerprint density at radius 2 is 1.94 bits per heavy atom. The fraction of sp³-hybridized carbons (Fsp3) is 0.714. The minimum absolute atomic E-state index is 0.221. The number of fused-ring (bicyclic) bond motifs is 2. The highest BCUT2D eigenvalue weighted by Gasteiger charge is 2.65. The summed E-state index contributed by atoms with van der Waals surface area (Å²) in [5, 5.41) is 10.9. The highest BCUT2D eigenvalue weighted by atomic mass is 32.1. The van der Waals surface area contributed by atoms with E-state index >= 15 is 0 Å². The molecular weight excluding hydrogens is 462 g/mol. The molecule has 0 saturated carbocycles. The van der Waals surface area contributed by atoms with Crippen LogP contribution >= 0.6 is 11.3 Å². The Bertz CT molecular complexity index is 1100. The molecule has 2 fully saturated rings. The second kappa shape index (κ2) is 8.20. The van der Waals surface area contributed by atoms with Gasteiger partial charge in [0.1, 0.15) is 18.3 Å². The van der Waals surface area contributed by atoms with Gasteiger partial charge in [0.15, 0.2) is 11.9 Å². The summed E-state index contributed by atoms with van der Waals surface area (Å²) in [4.78, 5) is 27.3. The van der Waals surface area contributed by atoms with Gasteiger partial charge in [-0.3, -0.25) is 9.36 Å². The van der Waals surface area contributed by atoms with Crippen LogP contribution < -0.4 is 4.87 Å². The number of ether oxygens (including phenoxy) is 1. The molecule has 4 heterocycles. The zero-order valence-electron chi connectivity index (χ0n) is 20.4. The van der Waals surface area contributed by atoms with Gasteiger partial charge >= 0.3 is 13.4 Å². The molecule has 10 nitrogen and oxygen atoms in total. The van der Waals surface area contributed by atoms with Crippen LogP contribution in [0.4, 0.5) is 5.95 Å². The monoisotopic (exact) mass is 495 g/mol. The number of thiazole rings is 1. The Morgan fingerprint density at radius 3 is 2.55 bits per heavy atom. The number of hydrogen-bond acceptors (Lipinski definition) is 9. The average molecular weight is 496 g/mol. The lowest BCUT2D eigenvalue weighted by atomic mass is 10.1. The van der Waals surface area contributed by atoms with Crippen LogP contribution in [0, 0.1) is 0 Å². The predicted molar refractivity (Wildman–Crippen MR) is 129 cm³/mol. The van der Waals surface area contributed by atoms with E-state index in [0.717, 1.165) is 11.3 Å². The smallest absolute Gasteiger partial charge is 0.349 e. The minimum atomic E-state index is -2.80. The van der Waals surface area contributed by atoms with Crippen molar-refractivity contribution in [2.45, 2.75) is 76.2 Å². The molecule has 4 atom stereocenters. The molecule has 0 spiro atoms. The van der Waals surface area contributed by atoms with Crippen molar-refractivity contribution in [1.29, 1.82) is 0 Å². The number of aliphatic imine (C=N–C) groups is 1. The van der Waals surface area contributed by atoms with E-state index in [1.807, 2.05) is 14.1 Å². The number of aromatic nitrogens is 3. The van der Waals surface area contributed by atoms with Crippen molar-refractivity contribution in [3.8, 4) is 0 Å². The van der Waals surface area contributed by atoms with E-state index in [9.17, 15) is 9.90 Å². The molecule has 0 amide bonds. The summed E-state index contributed by atoms with van der Waals surface area (Å²) in [6.07, 6.45) is 0.0944. The first-order valence-electron chi connectivity index (χ1n) is 11.0. The van der Waals surface area contributed by atoms with Crippen molar-refractivity contribution in [2.24, 2.45) is 4.99 Å². The summed E-state index contributed by atoms with van der Waals surface area (Å²) in [6.45, 7) is 13.0. The maximum Gasteiger partial charge on any atom is 0.349 e. The third kappa shape index (κ3) is 4.06. The largest absolute Gasteiger partial charge is 0.391 e. The topological polar surface area (TPSA) is 111 Å². The quantitative estimate of drug-likeness (QED) is 0.393. The van der Waals surface area contributed by atoms with Crippen LogP contribution in [0.1, 0.15) is 47.8 Å². The molecule has 2 aromatic heterocycles. The van der Waals surface area contributed by atoms with Gasteiger partial charge in [0.05, 0.1) is 23.8 Å². The van der Waals surface area contributed by atoms with E-state index < -0.39 is 33.1 Å². The van der Waals surface area contributed by atoms with Crippen molar-refractivity contribution >= 4 is 42.5 Å². The van der Waals surface area contributed by atoms with Gasteiger partial charge in [-0.1, -0.05) is 52.9 Å². The van der Waals surface area contributed by atoms with Gasteiger partial charge in [0.2, 0.25) is 0 Å². The Morgan fingerprint density at radius 1 is 1.27 bits per heavy atom. The normalized spacial score (nSPS) is 27.9. The number of nitrogens with zero attached hydrogens (tertiary/aromatic N) is 5. The van der Waals surface area contributed by atoms with Gasteiger partial charge in [0.25, 0.3) is 5.95 Å². The van der Waals surface area contributed by atoms with Crippen LogP contribution in [0.5, 0.6) is 0 Å².